The standard InChI is InChI=1S/C9H12N4O.C3H8/c1-4(2)5-3-11-7-6(5)8(14)13-9(10)12-7;1-3-2/h3-4H,1-2H3,(H4,10,11,12,13,14);3H2,1-2H3. The lowest BCUT2D eigenvalue weighted by Crippen LogP contribution is -2.11. The van der Waals surface area contributed by atoms with Crippen LogP contribution in [0.25, 0.3) is 11.0 Å². The third-order valence-electron chi connectivity index (χ3n) is 2.21. The van der Waals surface area contributed by atoms with Gasteiger partial charge in [-0.15, -0.1) is 0 Å². The molecule has 17 heavy (non-hydrogen) atoms. The van der Waals surface area contributed by atoms with Crippen molar-refractivity contribution in [3.05, 3.63) is 22.1 Å². The Kier molecular flexibility index (Phi) is 4.31. The number of fused-ring (bicyclic) bond motifs is 1. The van der Waals surface area contributed by atoms with E-state index in [-0.39, 0.29) is 17.4 Å². The fraction of sp³-hybridized carbons (Fsp3) is 0.500. The summed E-state index contributed by atoms with van der Waals surface area (Å²) in [5, 5.41) is 0.606. The number of nitrogen functional groups attached to an aromatic ring is 1. The minimum atomic E-state index is -0.183. The minimum Gasteiger partial charge on any atom is -0.369 e. The Morgan fingerprint density at radius 1 is 1.41 bits per heavy atom. The molecule has 2 heterocycles. The first kappa shape index (κ1) is 13.3. The molecule has 0 spiro atoms. The van der Waals surface area contributed by atoms with Crippen molar-refractivity contribution in [2.75, 3.05) is 5.73 Å². The van der Waals surface area contributed by atoms with Crippen molar-refractivity contribution in [3.63, 3.8) is 0 Å². The highest BCUT2D eigenvalue weighted by atomic mass is 16.1. The van der Waals surface area contributed by atoms with Crippen LogP contribution in [0.5, 0.6) is 0 Å². The molecule has 0 amide bonds. The van der Waals surface area contributed by atoms with Crippen molar-refractivity contribution in [2.24, 2.45) is 0 Å². The predicted octanol–water partition coefficient (Wildman–Crippen LogP) is 2.37. The molecule has 2 aromatic heterocycles. The molecular weight excluding hydrogens is 216 g/mol. The zero-order valence-corrected chi connectivity index (χ0v) is 10.8. The van der Waals surface area contributed by atoms with Crippen LogP contribution in [0.3, 0.4) is 0 Å². The summed E-state index contributed by atoms with van der Waals surface area (Å²) in [6.07, 6.45) is 3.05. The molecule has 2 rings (SSSR count). The smallest absolute Gasteiger partial charge is 0.262 e. The van der Waals surface area contributed by atoms with Crippen LogP contribution >= 0.6 is 0 Å². The van der Waals surface area contributed by atoms with Gasteiger partial charge in [-0.3, -0.25) is 9.78 Å². The summed E-state index contributed by atoms with van der Waals surface area (Å²) in [7, 11) is 0. The number of nitrogens with zero attached hydrogens (tertiary/aromatic N) is 1. The monoisotopic (exact) mass is 236 g/mol. The second-order valence-electron chi connectivity index (χ2n) is 4.28. The van der Waals surface area contributed by atoms with E-state index in [1.165, 1.54) is 6.42 Å². The molecule has 0 aliphatic rings. The second-order valence-corrected chi connectivity index (χ2v) is 4.28. The summed E-state index contributed by atoms with van der Waals surface area (Å²) in [6, 6.07) is 0. The molecule has 94 valence electrons. The quantitative estimate of drug-likeness (QED) is 0.710. The van der Waals surface area contributed by atoms with Crippen LogP contribution in [0.2, 0.25) is 0 Å². The summed E-state index contributed by atoms with van der Waals surface area (Å²) in [5.41, 5.74) is 6.76. The first-order valence-corrected chi connectivity index (χ1v) is 5.87. The Morgan fingerprint density at radius 2 is 2.00 bits per heavy atom. The van der Waals surface area contributed by atoms with Gasteiger partial charge in [0.25, 0.3) is 5.56 Å². The molecule has 5 nitrogen and oxygen atoms in total. The van der Waals surface area contributed by atoms with Crippen LogP contribution in [-0.4, -0.2) is 15.0 Å². The molecule has 0 radical (unpaired) electrons. The molecule has 0 aliphatic heterocycles. The number of anilines is 1. The average molecular weight is 236 g/mol. The van der Waals surface area contributed by atoms with E-state index in [0.717, 1.165) is 5.56 Å². The topological polar surface area (TPSA) is 87.6 Å². The van der Waals surface area contributed by atoms with Crippen molar-refractivity contribution in [2.45, 2.75) is 40.0 Å². The number of hydrogen-bond acceptors (Lipinski definition) is 3. The van der Waals surface area contributed by atoms with Gasteiger partial charge in [0.2, 0.25) is 5.95 Å². The average Bonchev–Trinajstić information content (AvgIpc) is 2.62. The van der Waals surface area contributed by atoms with Crippen LogP contribution in [0, 0.1) is 0 Å². The molecule has 5 heteroatoms. The molecular formula is C12H20N4O. The SMILES string of the molecule is CC(C)c1c[nH]c2nc(N)[nH]c(=O)c12.CCC. The van der Waals surface area contributed by atoms with Gasteiger partial charge < -0.3 is 10.7 Å². The van der Waals surface area contributed by atoms with E-state index in [2.05, 4.69) is 28.8 Å². The lowest BCUT2D eigenvalue weighted by molar-refractivity contribution is 0.874. The molecule has 0 unspecified atom stereocenters. The van der Waals surface area contributed by atoms with Crippen LogP contribution in [-0.2, 0) is 0 Å². The summed E-state index contributed by atoms with van der Waals surface area (Å²) in [6.45, 7) is 8.30. The van der Waals surface area contributed by atoms with Gasteiger partial charge in [0.1, 0.15) is 5.65 Å². The number of aromatic nitrogens is 3. The van der Waals surface area contributed by atoms with Crippen molar-refractivity contribution >= 4 is 17.0 Å². The van der Waals surface area contributed by atoms with E-state index in [4.69, 9.17) is 5.73 Å². The van der Waals surface area contributed by atoms with Crippen molar-refractivity contribution in [3.8, 4) is 0 Å². The van der Waals surface area contributed by atoms with E-state index in [0.29, 0.717) is 11.0 Å². The Balaban J connectivity index is 0.000000437. The molecule has 0 saturated carbocycles. The number of H-pyrrole nitrogens is 2. The van der Waals surface area contributed by atoms with Crippen LogP contribution in [0.1, 0.15) is 45.6 Å². The zero-order valence-electron chi connectivity index (χ0n) is 10.8. The molecule has 0 saturated heterocycles. The van der Waals surface area contributed by atoms with Gasteiger partial charge in [-0.2, -0.15) is 4.98 Å². The maximum absolute atomic E-state index is 11.6. The zero-order chi connectivity index (χ0) is 13.0. The lowest BCUT2D eigenvalue weighted by Gasteiger charge is -2.00. The van der Waals surface area contributed by atoms with Gasteiger partial charge in [0.05, 0.1) is 5.39 Å². The minimum absolute atomic E-state index is 0.139. The van der Waals surface area contributed by atoms with Gasteiger partial charge in [-0.05, 0) is 11.5 Å². The van der Waals surface area contributed by atoms with Crippen molar-refractivity contribution in [1.82, 2.24) is 15.0 Å². The summed E-state index contributed by atoms with van der Waals surface area (Å²) in [4.78, 5) is 21.0. The fourth-order valence-electron chi connectivity index (χ4n) is 1.54. The third kappa shape index (κ3) is 2.87. The third-order valence-corrected chi connectivity index (χ3v) is 2.21. The van der Waals surface area contributed by atoms with Gasteiger partial charge >= 0.3 is 0 Å². The molecule has 4 N–H and O–H groups in total. The highest BCUT2D eigenvalue weighted by Crippen LogP contribution is 2.20. The fourth-order valence-corrected chi connectivity index (χ4v) is 1.54. The van der Waals surface area contributed by atoms with E-state index < -0.39 is 0 Å². The molecule has 0 bridgehead atoms. The Hall–Kier alpha value is -1.78. The molecule has 2 aromatic rings. The van der Waals surface area contributed by atoms with Crippen molar-refractivity contribution in [1.29, 1.82) is 0 Å². The van der Waals surface area contributed by atoms with Gasteiger partial charge in [0.15, 0.2) is 0 Å². The highest BCUT2D eigenvalue weighted by molar-refractivity contribution is 5.79. The van der Waals surface area contributed by atoms with Crippen LogP contribution in [0.15, 0.2) is 11.0 Å². The maximum atomic E-state index is 11.6. The predicted molar refractivity (Wildman–Crippen MR) is 71.2 cm³/mol. The lowest BCUT2D eigenvalue weighted by atomic mass is 10.0. The summed E-state index contributed by atoms with van der Waals surface area (Å²) in [5.74, 6) is 0.426. The number of hydrogen-bond donors (Lipinski definition) is 3. The Bertz CT molecular complexity index is 539. The van der Waals surface area contributed by atoms with Crippen molar-refractivity contribution < 1.29 is 0 Å². The maximum Gasteiger partial charge on any atom is 0.262 e. The van der Waals surface area contributed by atoms with Gasteiger partial charge in [0, 0.05) is 6.20 Å². The normalized spacial score (nSPS) is 10.4. The highest BCUT2D eigenvalue weighted by Gasteiger charge is 2.11. The Morgan fingerprint density at radius 3 is 2.53 bits per heavy atom. The van der Waals surface area contributed by atoms with Crippen LogP contribution < -0.4 is 11.3 Å². The van der Waals surface area contributed by atoms with Gasteiger partial charge in [-0.1, -0.05) is 34.1 Å². The largest absolute Gasteiger partial charge is 0.369 e. The van der Waals surface area contributed by atoms with Crippen LogP contribution in [0.4, 0.5) is 5.95 Å². The van der Waals surface area contributed by atoms with Gasteiger partial charge in [-0.25, -0.2) is 0 Å². The first-order valence-electron chi connectivity index (χ1n) is 5.87. The molecule has 0 fully saturated rings. The van der Waals surface area contributed by atoms with E-state index >= 15 is 0 Å². The number of aromatic amines is 2. The molecule has 0 aromatic carbocycles. The molecule has 0 aliphatic carbocycles. The number of rotatable bonds is 1. The van der Waals surface area contributed by atoms with E-state index in [1.807, 2.05) is 13.8 Å². The number of nitrogens with two attached hydrogens (primary N) is 1. The Labute approximate surface area is 100 Å². The van der Waals surface area contributed by atoms with E-state index in [9.17, 15) is 4.79 Å². The molecule has 0 atom stereocenters. The summed E-state index contributed by atoms with van der Waals surface area (Å²) >= 11 is 0. The number of nitrogens with one attached hydrogen (secondary N) is 2. The first-order chi connectivity index (χ1) is 8.01. The van der Waals surface area contributed by atoms with E-state index in [1.54, 1.807) is 6.20 Å². The second kappa shape index (κ2) is 5.52. The summed E-state index contributed by atoms with van der Waals surface area (Å²) < 4.78 is 0.